The quantitative estimate of drug-likeness (QED) is 0.524. The molecule has 0 unspecified atom stereocenters. The second kappa shape index (κ2) is 8.54. The van der Waals surface area contributed by atoms with Crippen LogP contribution in [-0.4, -0.2) is 13.0 Å². The molecule has 0 saturated heterocycles. The Balaban J connectivity index is 2.64. The van der Waals surface area contributed by atoms with Crippen LogP contribution in [0.4, 0.5) is 0 Å². The zero-order valence-electron chi connectivity index (χ0n) is 13.5. The van der Waals surface area contributed by atoms with Crippen molar-refractivity contribution >= 4 is 10.1 Å². The summed E-state index contributed by atoms with van der Waals surface area (Å²) in [6.45, 7) is 6.11. The molecule has 4 heteroatoms. The van der Waals surface area contributed by atoms with E-state index in [9.17, 15) is 13.0 Å². The number of hydrogen-bond acceptors (Lipinski definition) is 2. The molecule has 1 aromatic carbocycles. The number of unbranched alkanes of at least 4 members (excludes halogenated alkanes) is 6. The summed E-state index contributed by atoms with van der Waals surface area (Å²) in [6, 6.07) is 3.28. The van der Waals surface area contributed by atoms with Crippen LogP contribution in [0.25, 0.3) is 0 Å². The van der Waals surface area contributed by atoms with Crippen molar-refractivity contribution in [2.24, 2.45) is 0 Å². The van der Waals surface area contributed by atoms with E-state index in [2.05, 4.69) is 6.92 Å². The molecule has 0 spiro atoms. The third-order valence-corrected chi connectivity index (χ3v) is 5.07. The Morgan fingerprint density at radius 3 is 2.10 bits per heavy atom. The third kappa shape index (κ3) is 5.79. The summed E-state index contributed by atoms with van der Waals surface area (Å²) in [5.74, 6) is 0. The minimum atomic E-state index is -4.13. The van der Waals surface area contributed by atoms with Crippen molar-refractivity contribution < 1.29 is 13.0 Å². The van der Waals surface area contributed by atoms with Gasteiger partial charge >= 0.3 is 0 Å². The van der Waals surface area contributed by atoms with E-state index in [0.717, 1.165) is 36.0 Å². The Kier molecular flexibility index (Phi) is 7.40. The smallest absolute Gasteiger partial charge is 0.282 e. The highest BCUT2D eigenvalue weighted by atomic mass is 32.2. The average Bonchev–Trinajstić information content (AvgIpc) is 2.41. The van der Waals surface area contributed by atoms with Gasteiger partial charge in [0.15, 0.2) is 0 Å². The molecule has 0 radical (unpaired) electrons. The highest BCUT2D eigenvalue weighted by molar-refractivity contribution is 7.85. The molecular weight excluding hydrogens is 284 g/mol. The lowest BCUT2D eigenvalue weighted by atomic mass is 9.98. The van der Waals surface area contributed by atoms with E-state index in [1.54, 1.807) is 6.07 Å². The van der Waals surface area contributed by atoms with Crippen LogP contribution in [0.5, 0.6) is 0 Å². The van der Waals surface area contributed by atoms with Crippen LogP contribution in [0.15, 0.2) is 17.0 Å². The van der Waals surface area contributed by atoms with Gasteiger partial charge in [-0.15, -0.1) is 0 Å². The molecule has 1 aromatic rings. The summed E-state index contributed by atoms with van der Waals surface area (Å²) < 4.78 is 32.3. The predicted octanol–water partition coefficient (Wildman–Crippen LogP) is 4.84. The summed E-state index contributed by atoms with van der Waals surface area (Å²) in [6.07, 6.45) is 9.09. The summed E-state index contributed by atoms with van der Waals surface area (Å²) in [7, 11) is -4.13. The first-order chi connectivity index (χ1) is 9.88. The van der Waals surface area contributed by atoms with Crippen LogP contribution in [0, 0.1) is 13.8 Å². The standard InChI is InChI=1S/C17H28O3S/c1-4-5-6-7-8-9-10-11-16-15(3)14(2)12-13-17(16)21(18,19)20/h12-13H,4-11H2,1-3H3,(H,18,19,20). The Bertz CT molecular complexity index is 547. The van der Waals surface area contributed by atoms with E-state index in [1.165, 1.54) is 38.2 Å². The van der Waals surface area contributed by atoms with Crippen molar-refractivity contribution in [3.63, 3.8) is 0 Å². The van der Waals surface area contributed by atoms with E-state index < -0.39 is 10.1 Å². The zero-order valence-corrected chi connectivity index (χ0v) is 14.3. The molecule has 0 aliphatic rings. The predicted molar refractivity (Wildman–Crippen MR) is 87.4 cm³/mol. The fourth-order valence-corrected chi connectivity index (χ4v) is 3.47. The van der Waals surface area contributed by atoms with Crippen molar-refractivity contribution in [3.8, 4) is 0 Å². The monoisotopic (exact) mass is 312 g/mol. The molecule has 0 aliphatic heterocycles. The molecule has 0 fully saturated rings. The first kappa shape index (κ1) is 18.2. The maximum atomic E-state index is 11.5. The van der Waals surface area contributed by atoms with E-state index in [-0.39, 0.29) is 4.90 Å². The Morgan fingerprint density at radius 1 is 0.952 bits per heavy atom. The van der Waals surface area contributed by atoms with Gasteiger partial charge in [0.1, 0.15) is 0 Å². The summed E-state index contributed by atoms with van der Waals surface area (Å²) >= 11 is 0. The van der Waals surface area contributed by atoms with E-state index in [1.807, 2.05) is 13.8 Å². The van der Waals surface area contributed by atoms with Crippen LogP contribution in [0.2, 0.25) is 0 Å². The summed E-state index contributed by atoms with van der Waals surface area (Å²) in [5, 5.41) is 0. The maximum Gasteiger partial charge on any atom is 0.294 e. The first-order valence-corrected chi connectivity index (χ1v) is 9.38. The zero-order chi connectivity index (χ0) is 15.9. The van der Waals surface area contributed by atoms with Crippen molar-refractivity contribution in [2.75, 3.05) is 0 Å². The molecule has 0 amide bonds. The minimum Gasteiger partial charge on any atom is -0.282 e. The minimum absolute atomic E-state index is 0.0802. The summed E-state index contributed by atoms with van der Waals surface area (Å²) in [4.78, 5) is 0.0802. The normalized spacial score (nSPS) is 11.8. The second-order valence-electron chi connectivity index (χ2n) is 5.83. The molecule has 3 nitrogen and oxygen atoms in total. The summed E-state index contributed by atoms with van der Waals surface area (Å²) in [5.41, 5.74) is 2.84. The maximum absolute atomic E-state index is 11.5. The van der Waals surface area contributed by atoms with Gasteiger partial charge in [-0.05, 0) is 49.4 Å². The largest absolute Gasteiger partial charge is 0.294 e. The number of benzene rings is 1. The molecule has 120 valence electrons. The highest BCUT2D eigenvalue weighted by Gasteiger charge is 2.17. The number of rotatable bonds is 9. The van der Waals surface area contributed by atoms with Gasteiger partial charge in [0.2, 0.25) is 0 Å². The first-order valence-electron chi connectivity index (χ1n) is 7.94. The van der Waals surface area contributed by atoms with Crippen LogP contribution in [0.1, 0.15) is 68.6 Å². The lowest BCUT2D eigenvalue weighted by Crippen LogP contribution is -2.06. The lowest BCUT2D eigenvalue weighted by Gasteiger charge is -2.13. The van der Waals surface area contributed by atoms with E-state index in [4.69, 9.17) is 0 Å². The SMILES string of the molecule is CCCCCCCCCc1c(S(=O)(=O)O)ccc(C)c1C. The fourth-order valence-electron chi connectivity index (χ4n) is 2.66. The molecular formula is C17H28O3S. The lowest BCUT2D eigenvalue weighted by molar-refractivity contribution is 0.481. The average molecular weight is 312 g/mol. The number of hydrogen-bond donors (Lipinski definition) is 1. The Labute approximate surface area is 129 Å². The van der Waals surface area contributed by atoms with Crippen molar-refractivity contribution in [3.05, 3.63) is 28.8 Å². The van der Waals surface area contributed by atoms with Gasteiger partial charge in [-0.1, -0.05) is 51.5 Å². The van der Waals surface area contributed by atoms with Gasteiger partial charge in [-0.3, -0.25) is 4.55 Å². The van der Waals surface area contributed by atoms with Crippen LogP contribution in [-0.2, 0) is 16.5 Å². The van der Waals surface area contributed by atoms with Crippen LogP contribution in [0.3, 0.4) is 0 Å². The van der Waals surface area contributed by atoms with Crippen molar-refractivity contribution in [1.29, 1.82) is 0 Å². The fraction of sp³-hybridized carbons (Fsp3) is 0.647. The molecule has 21 heavy (non-hydrogen) atoms. The molecule has 0 aromatic heterocycles. The topological polar surface area (TPSA) is 54.4 Å². The molecule has 0 bridgehead atoms. The Morgan fingerprint density at radius 2 is 1.52 bits per heavy atom. The van der Waals surface area contributed by atoms with E-state index >= 15 is 0 Å². The van der Waals surface area contributed by atoms with E-state index in [0.29, 0.717) is 0 Å². The third-order valence-electron chi connectivity index (χ3n) is 4.13. The van der Waals surface area contributed by atoms with Crippen molar-refractivity contribution in [2.45, 2.75) is 77.0 Å². The molecule has 0 aliphatic carbocycles. The van der Waals surface area contributed by atoms with Gasteiger partial charge in [0.25, 0.3) is 10.1 Å². The molecule has 0 saturated carbocycles. The van der Waals surface area contributed by atoms with Crippen LogP contribution >= 0.6 is 0 Å². The highest BCUT2D eigenvalue weighted by Crippen LogP contribution is 2.24. The number of aryl methyl sites for hydroxylation is 1. The van der Waals surface area contributed by atoms with Gasteiger partial charge in [0.05, 0.1) is 4.90 Å². The van der Waals surface area contributed by atoms with Gasteiger partial charge < -0.3 is 0 Å². The second-order valence-corrected chi connectivity index (χ2v) is 7.22. The van der Waals surface area contributed by atoms with Gasteiger partial charge in [-0.25, -0.2) is 0 Å². The molecule has 1 N–H and O–H groups in total. The van der Waals surface area contributed by atoms with Crippen LogP contribution < -0.4 is 0 Å². The Hall–Kier alpha value is -0.870. The van der Waals surface area contributed by atoms with Crippen molar-refractivity contribution in [1.82, 2.24) is 0 Å². The van der Waals surface area contributed by atoms with Gasteiger partial charge in [-0.2, -0.15) is 8.42 Å². The molecule has 1 rings (SSSR count). The molecule has 0 atom stereocenters. The van der Waals surface area contributed by atoms with Gasteiger partial charge in [0, 0.05) is 0 Å². The molecule has 0 heterocycles.